The minimum absolute atomic E-state index is 0.405. The van der Waals surface area contributed by atoms with Crippen molar-refractivity contribution in [2.75, 3.05) is 5.73 Å². The number of aromatic nitrogens is 4. The van der Waals surface area contributed by atoms with Crippen molar-refractivity contribution in [3.63, 3.8) is 0 Å². The van der Waals surface area contributed by atoms with E-state index in [0.29, 0.717) is 25.1 Å². The van der Waals surface area contributed by atoms with E-state index >= 15 is 0 Å². The van der Waals surface area contributed by atoms with Crippen LogP contribution in [0.1, 0.15) is 30.1 Å². The third kappa shape index (κ3) is 2.42. The van der Waals surface area contributed by atoms with Gasteiger partial charge in [0.1, 0.15) is 17.8 Å². The molecule has 1 fully saturated rings. The Morgan fingerprint density at radius 1 is 1.14 bits per heavy atom. The van der Waals surface area contributed by atoms with E-state index in [2.05, 4.69) is 15.1 Å². The number of anilines is 1. The fourth-order valence-corrected chi connectivity index (χ4v) is 2.58. The lowest BCUT2D eigenvalue weighted by Gasteiger charge is -2.03. The first-order chi connectivity index (χ1) is 10.8. The normalized spacial score (nSPS) is 14.5. The first kappa shape index (κ1) is 13.2. The molecule has 2 heterocycles. The van der Waals surface area contributed by atoms with Gasteiger partial charge in [0, 0.05) is 0 Å². The second-order valence-corrected chi connectivity index (χ2v) is 5.56. The lowest BCUT2D eigenvalue weighted by atomic mass is 10.2. The quantitative estimate of drug-likeness (QED) is 0.782. The highest BCUT2D eigenvalue weighted by atomic mass is 16.5. The molecule has 0 unspecified atom stereocenters. The fourth-order valence-electron chi connectivity index (χ4n) is 2.58. The van der Waals surface area contributed by atoms with Crippen LogP contribution in [0.2, 0.25) is 0 Å². The summed E-state index contributed by atoms with van der Waals surface area (Å²) in [7, 11) is 0. The van der Waals surface area contributed by atoms with Gasteiger partial charge in [-0.2, -0.15) is 5.10 Å². The molecule has 3 aromatic rings. The van der Waals surface area contributed by atoms with Crippen molar-refractivity contribution in [2.45, 2.75) is 32.1 Å². The van der Waals surface area contributed by atoms with Crippen LogP contribution < -0.4 is 5.73 Å². The molecule has 0 aliphatic heterocycles. The van der Waals surface area contributed by atoms with Gasteiger partial charge in [0.25, 0.3) is 0 Å². The molecule has 0 atom stereocenters. The first-order valence-electron chi connectivity index (χ1n) is 7.42. The van der Waals surface area contributed by atoms with E-state index in [1.54, 1.807) is 0 Å². The summed E-state index contributed by atoms with van der Waals surface area (Å²) in [4.78, 5) is 8.43. The Morgan fingerprint density at radius 3 is 2.73 bits per heavy atom. The first-order valence-corrected chi connectivity index (χ1v) is 7.42. The van der Waals surface area contributed by atoms with Crippen LogP contribution in [0.25, 0.3) is 11.0 Å². The van der Waals surface area contributed by atoms with Crippen LogP contribution in [0.4, 0.5) is 5.82 Å². The molecule has 0 radical (unpaired) electrons. The number of nitrogens with two attached hydrogens (primary N) is 1. The highest BCUT2D eigenvalue weighted by Crippen LogP contribution is 2.37. The van der Waals surface area contributed by atoms with Crippen LogP contribution in [0.15, 0.2) is 36.7 Å². The Bertz CT molecular complexity index is 795. The highest BCUT2D eigenvalue weighted by molar-refractivity contribution is 5.88. The summed E-state index contributed by atoms with van der Waals surface area (Å²) in [6.07, 6.45) is 3.78. The number of ether oxygens (including phenoxy) is 1. The van der Waals surface area contributed by atoms with E-state index in [4.69, 9.17) is 10.5 Å². The molecular formula is C16H17N5O. The minimum atomic E-state index is 0.405. The molecule has 0 spiro atoms. The van der Waals surface area contributed by atoms with Gasteiger partial charge < -0.3 is 10.5 Å². The van der Waals surface area contributed by atoms with E-state index in [9.17, 15) is 0 Å². The van der Waals surface area contributed by atoms with Crippen molar-refractivity contribution >= 4 is 16.9 Å². The molecule has 1 aliphatic rings. The molecule has 6 nitrogen and oxygen atoms in total. The lowest BCUT2D eigenvalue weighted by Crippen LogP contribution is -1.99. The van der Waals surface area contributed by atoms with Crippen molar-refractivity contribution in [3.05, 3.63) is 47.9 Å². The predicted octanol–water partition coefficient (Wildman–Crippen LogP) is 2.46. The SMILES string of the molecule is Nc1ncnc2c1c(COCc1ccccc1)nn2C1CC1. The third-order valence-electron chi connectivity index (χ3n) is 3.83. The molecular weight excluding hydrogens is 278 g/mol. The van der Waals surface area contributed by atoms with Gasteiger partial charge in [-0.1, -0.05) is 30.3 Å². The van der Waals surface area contributed by atoms with Crippen LogP contribution in [0.3, 0.4) is 0 Å². The van der Waals surface area contributed by atoms with Crippen molar-refractivity contribution in [2.24, 2.45) is 0 Å². The van der Waals surface area contributed by atoms with Gasteiger partial charge in [-0.25, -0.2) is 14.6 Å². The standard InChI is InChI=1S/C16H17N5O/c17-15-14-13(9-22-8-11-4-2-1-3-5-11)20-21(12-6-7-12)16(14)19-10-18-15/h1-5,10,12H,6-9H2,(H2,17,18,19). The zero-order chi connectivity index (χ0) is 14.9. The number of hydrogen-bond acceptors (Lipinski definition) is 5. The monoisotopic (exact) mass is 295 g/mol. The Kier molecular flexibility index (Phi) is 3.23. The Balaban J connectivity index is 1.58. The molecule has 1 aliphatic carbocycles. The summed E-state index contributed by atoms with van der Waals surface area (Å²) in [6, 6.07) is 10.5. The molecule has 2 aromatic heterocycles. The highest BCUT2D eigenvalue weighted by Gasteiger charge is 2.28. The van der Waals surface area contributed by atoms with Gasteiger partial charge in [-0.3, -0.25) is 0 Å². The van der Waals surface area contributed by atoms with Gasteiger partial charge >= 0.3 is 0 Å². The van der Waals surface area contributed by atoms with Crippen molar-refractivity contribution in [3.8, 4) is 0 Å². The average molecular weight is 295 g/mol. The fraction of sp³-hybridized carbons (Fsp3) is 0.312. The van der Waals surface area contributed by atoms with E-state index < -0.39 is 0 Å². The van der Waals surface area contributed by atoms with E-state index in [0.717, 1.165) is 35.1 Å². The van der Waals surface area contributed by atoms with Crippen molar-refractivity contribution in [1.82, 2.24) is 19.7 Å². The summed E-state index contributed by atoms with van der Waals surface area (Å²) < 4.78 is 7.76. The number of hydrogen-bond donors (Lipinski definition) is 1. The Hall–Kier alpha value is -2.47. The molecule has 0 saturated heterocycles. The summed E-state index contributed by atoms with van der Waals surface area (Å²) in [5.74, 6) is 0.468. The molecule has 1 aromatic carbocycles. The molecule has 1 saturated carbocycles. The number of fused-ring (bicyclic) bond motifs is 1. The Labute approximate surface area is 127 Å². The largest absolute Gasteiger partial charge is 0.383 e. The van der Waals surface area contributed by atoms with E-state index in [1.807, 2.05) is 35.0 Å². The smallest absolute Gasteiger partial charge is 0.163 e. The number of rotatable bonds is 5. The van der Waals surface area contributed by atoms with Gasteiger partial charge in [0.2, 0.25) is 0 Å². The van der Waals surface area contributed by atoms with Crippen LogP contribution in [0.5, 0.6) is 0 Å². The molecule has 112 valence electrons. The molecule has 0 bridgehead atoms. The van der Waals surface area contributed by atoms with Gasteiger partial charge in [-0.05, 0) is 18.4 Å². The molecule has 2 N–H and O–H groups in total. The molecule has 4 rings (SSSR count). The molecule has 0 amide bonds. The predicted molar refractivity (Wildman–Crippen MR) is 82.9 cm³/mol. The van der Waals surface area contributed by atoms with Crippen LogP contribution >= 0.6 is 0 Å². The molecule has 6 heteroatoms. The van der Waals surface area contributed by atoms with Crippen molar-refractivity contribution in [1.29, 1.82) is 0 Å². The molecule has 22 heavy (non-hydrogen) atoms. The van der Waals surface area contributed by atoms with Crippen LogP contribution in [-0.2, 0) is 18.0 Å². The van der Waals surface area contributed by atoms with Crippen molar-refractivity contribution < 1.29 is 4.74 Å². The second-order valence-electron chi connectivity index (χ2n) is 5.56. The number of nitrogens with zero attached hydrogens (tertiary/aromatic N) is 4. The second kappa shape index (κ2) is 5.38. The topological polar surface area (TPSA) is 78.8 Å². The maximum Gasteiger partial charge on any atom is 0.163 e. The maximum atomic E-state index is 6.01. The zero-order valence-electron chi connectivity index (χ0n) is 12.1. The van der Waals surface area contributed by atoms with Crippen LogP contribution in [-0.4, -0.2) is 19.7 Å². The van der Waals surface area contributed by atoms with E-state index in [1.165, 1.54) is 6.33 Å². The van der Waals surface area contributed by atoms with Gasteiger partial charge in [0.15, 0.2) is 5.65 Å². The number of benzene rings is 1. The summed E-state index contributed by atoms with van der Waals surface area (Å²) in [5, 5.41) is 5.47. The Morgan fingerprint density at radius 2 is 1.95 bits per heavy atom. The minimum Gasteiger partial charge on any atom is -0.383 e. The number of nitrogen functional groups attached to an aromatic ring is 1. The van der Waals surface area contributed by atoms with Crippen LogP contribution in [0, 0.1) is 0 Å². The van der Waals surface area contributed by atoms with Gasteiger partial charge in [0.05, 0.1) is 24.6 Å². The third-order valence-corrected chi connectivity index (χ3v) is 3.83. The zero-order valence-corrected chi connectivity index (χ0v) is 12.1. The van der Waals surface area contributed by atoms with Gasteiger partial charge in [-0.15, -0.1) is 0 Å². The lowest BCUT2D eigenvalue weighted by molar-refractivity contribution is 0.105. The summed E-state index contributed by atoms with van der Waals surface area (Å²) >= 11 is 0. The van der Waals surface area contributed by atoms with E-state index in [-0.39, 0.29) is 0 Å². The summed E-state index contributed by atoms with van der Waals surface area (Å²) in [5.41, 5.74) is 8.78. The average Bonchev–Trinajstić information content (AvgIpc) is 3.31. The summed E-state index contributed by atoms with van der Waals surface area (Å²) in [6.45, 7) is 0.953. The maximum absolute atomic E-state index is 6.01.